The van der Waals surface area contributed by atoms with E-state index in [9.17, 15) is 0 Å². The number of hydrogen-bond donors (Lipinski definition) is 0. The third-order valence-corrected chi connectivity index (χ3v) is 13.8. The van der Waals surface area contributed by atoms with Crippen LogP contribution in [0, 0.1) is 0 Å². The lowest BCUT2D eigenvalue weighted by Gasteiger charge is -2.43. The molecule has 0 fully saturated rings. The highest BCUT2D eigenvalue weighted by Gasteiger charge is 2.47. The molecule has 0 amide bonds. The van der Waals surface area contributed by atoms with Gasteiger partial charge in [0.2, 0.25) is 0 Å². The predicted octanol–water partition coefficient (Wildman–Crippen LogP) is 11.5. The van der Waals surface area contributed by atoms with Gasteiger partial charge in [-0.2, -0.15) is 0 Å². The largest absolute Gasteiger partial charge is 0.458 e. The van der Waals surface area contributed by atoms with Gasteiger partial charge >= 0.3 is 0 Å². The Morgan fingerprint density at radius 1 is 0.273 bits per heavy atom. The summed E-state index contributed by atoms with van der Waals surface area (Å²) in [6.07, 6.45) is 0. The van der Waals surface area contributed by atoms with Crippen LogP contribution in [0.1, 0.15) is 0 Å². The number of nitrogens with zero attached hydrogens (tertiary/aromatic N) is 1. The molecule has 4 heterocycles. The molecule has 0 unspecified atom stereocenters. The first-order chi connectivity index (χ1) is 32.7. The van der Waals surface area contributed by atoms with Crippen LogP contribution in [0.2, 0.25) is 0 Å². The van der Waals surface area contributed by atoms with Crippen molar-refractivity contribution >= 4 is 63.3 Å². The molecule has 0 spiro atoms. The molecule has 0 bridgehead atoms. The van der Waals surface area contributed by atoms with Crippen molar-refractivity contribution < 1.29 is 14.2 Å². The zero-order valence-corrected chi connectivity index (χ0v) is 35.7. The number of para-hydroxylation sites is 3. The molecular formula is C60H37B2NO3. The number of fused-ring (bicyclic) bond motifs is 8. The Kier molecular flexibility index (Phi) is 8.14. The van der Waals surface area contributed by atoms with Crippen LogP contribution in [0.3, 0.4) is 0 Å². The van der Waals surface area contributed by atoms with Crippen LogP contribution in [0.5, 0.6) is 34.5 Å². The molecule has 66 heavy (non-hydrogen) atoms. The van der Waals surface area contributed by atoms with Crippen molar-refractivity contribution in [2.24, 2.45) is 0 Å². The van der Waals surface area contributed by atoms with Crippen LogP contribution in [-0.4, -0.2) is 13.4 Å². The summed E-state index contributed by atoms with van der Waals surface area (Å²) in [6.45, 7) is -0.262. The average Bonchev–Trinajstić information content (AvgIpc) is 3.38. The highest BCUT2D eigenvalue weighted by atomic mass is 16.5. The average molecular weight is 842 g/mol. The molecule has 0 N–H and O–H groups in total. The zero-order chi connectivity index (χ0) is 43.3. The van der Waals surface area contributed by atoms with Gasteiger partial charge in [-0.1, -0.05) is 182 Å². The first-order valence-electron chi connectivity index (χ1n) is 22.6. The second-order valence-electron chi connectivity index (χ2n) is 17.5. The van der Waals surface area contributed by atoms with E-state index in [0.717, 1.165) is 123 Å². The van der Waals surface area contributed by atoms with Crippen LogP contribution in [-0.2, 0) is 0 Å². The maximum absolute atomic E-state index is 7.31. The Morgan fingerprint density at radius 2 is 0.712 bits per heavy atom. The molecule has 4 nitrogen and oxygen atoms in total. The van der Waals surface area contributed by atoms with E-state index in [1.807, 2.05) is 0 Å². The van der Waals surface area contributed by atoms with Crippen LogP contribution >= 0.6 is 0 Å². The van der Waals surface area contributed by atoms with E-state index in [0.29, 0.717) is 0 Å². The van der Waals surface area contributed by atoms with E-state index >= 15 is 0 Å². The van der Waals surface area contributed by atoms with Gasteiger partial charge in [-0.25, -0.2) is 0 Å². The Bertz CT molecular complexity index is 3520. The van der Waals surface area contributed by atoms with Crippen molar-refractivity contribution in [1.82, 2.24) is 0 Å². The van der Waals surface area contributed by atoms with E-state index in [1.165, 1.54) is 5.46 Å². The summed E-state index contributed by atoms with van der Waals surface area (Å²) in [5.41, 5.74) is 18.8. The monoisotopic (exact) mass is 841 g/mol. The number of rotatable bonds is 5. The zero-order valence-electron chi connectivity index (χ0n) is 35.7. The summed E-state index contributed by atoms with van der Waals surface area (Å²) in [6, 6.07) is 80.2. The number of anilines is 3. The Hall–Kier alpha value is -8.47. The molecule has 4 aliphatic heterocycles. The predicted molar refractivity (Wildman–Crippen MR) is 272 cm³/mol. The molecule has 10 aromatic rings. The van der Waals surface area contributed by atoms with Crippen LogP contribution in [0.25, 0.3) is 44.5 Å². The Balaban J connectivity index is 1.10. The van der Waals surface area contributed by atoms with Gasteiger partial charge in [-0.05, 0) is 97.1 Å². The summed E-state index contributed by atoms with van der Waals surface area (Å²) in [5.74, 6) is 5.04. The second-order valence-corrected chi connectivity index (χ2v) is 17.5. The fourth-order valence-electron chi connectivity index (χ4n) is 11.0. The highest BCUT2D eigenvalue weighted by molar-refractivity contribution is 7.01. The van der Waals surface area contributed by atoms with Crippen LogP contribution < -0.4 is 51.9 Å². The van der Waals surface area contributed by atoms with Gasteiger partial charge in [0.1, 0.15) is 34.5 Å². The molecular weight excluding hydrogens is 804 g/mol. The number of benzene rings is 10. The number of hydrogen-bond acceptors (Lipinski definition) is 4. The van der Waals surface area contributed by atoms with E-state index in [1.54, 1.807) is 0 Å². The molecule has 14 rings (SSSR count). The Morgan fingerprint density at radius 3 is 1.26 bits per heavy atom. The molecule has 0 saturated heterocycles. The SMILES string of the molecule is c1ccc(-c2cc3c4c(c2)Oc2cc5c(cc2B4c2ccccc2O3)B2c3ccccc3Oc3cc(-c4ccccc4)cc(c32)N5c2c(-c3ccccc3)cccc2-c2ccccc2)cc1. The first-order valence-corrected chi connectivity index (χ1v) is 22.6. The lowest BCUT2D eigenvalue weighted by Crippen LogP contribution is -2.62. The summed E-state index contributed by atoms with van der Waals surface area (Å²) < 4.78 is 21.2. The minimum Gasteiger partial charge on any atom is -0.458 e. The molecule has 0 radical (unpaired) electrons. The van der Waals surface area contributed by atoms with Gasteiger partial charge in [-0.3, -0.25) is 0 Å². The van der Waals surface area contributed by atoms with E-state index < -0.39 is 0 Å². The maximum Gasteiger partial charge on any atom is 0.260 e. The standard InChI is InChI=1S/C60H37B2NO3/c1-5-18-38(19-6-1)42-32-51-58-55(33-42)64-52-30-15-13-28-46(52)61(58)48-36-49-54(37-50(48)63(51)60-44(40-22-9-3-10-23-40)26-17-27-45(60)41-24-11-4-12-25-41)66-57-35-43(39-20-7-2-8-21-39)34-56-59(57)62(49)47-29-14-16-31-53(47)65-56/h1-37H. The second kappa shape index (κ2) is 14.5. The van der Waals surface area contributed by atoms with Crippen LogP contribution in [0.4, 0.5) is 17.1 Å². The fourth-order valence-corrected chi connectivity index (χ4v) is 11.0. The van der Waals surface area contributed by atoms with Gasteiger partial charge in [-0.15, -0.1) is 0 Å². The summed E-state index contributed by atoms with van der Waals surface area (Å²) >= 11 is 0. The van der Waals surface area contributed by atoms with Crippen molar-refractivity contribution in [1.29, 1.82) is 0 Å². The topological polar surface area (TPSA) is 30.9 Å². The minimum atomic E-state index is -0.137. The van der Waals surface area contributed by atoms with Crippen LogP contribution in [0.15, 0.2) is 224 Å². The highest BCUT2D eigenvalue weighted by Crippen LogP contribution is 2.51. The molecule has 0 atom stereocenters. The number of ether oxygens (including phenoxy) is 3. The van der Waals surface area contributed by atoms with Gasteiger partial charge in [0.25, 0.3) is 13.4 Å². The van der Waals surface area contributed by atoms with Crippen molar-refractivity contribution in [2.75, 3.05) is 4.90 Å². The normalized spacial score (nSPS) is 13.1. The lowest BCUT2D eigenvalue weighted by molar-refractivity contribution is 0.465. The van der Waals surface area contributed by atoms with Gasteiger partial charge in [0.05, 0.1) is 5.69 Å². The van der Waals surface area contributed by atoms with E-state index in [-0.39, 0.29) is 13.4 Å². The van der Waals surface area contributed by atoms with Crippen molar-refractivity contribution in [3.05, 3.63) is 224 Å². The molecule has 0 saturated carbocycles. The molecule has 4 aliphatic rings. The fraction of sp³-hybridized carbons (Fsp3) is 0. The molecule has 6 heteroatoms. The maximum atomic E-state index is 7.31. The van der Waals surface area contributed by atoms with Crippen molar-refractivity contribution in [3.63, 3.8) is 0 Å². The summed E-state index contributed by atoms with van der Waals surface area (Å²) in [4.78, 5) is 2.52. The lowest BCUT2D eigenvalue weighted by atomic mass is 9.31. The summed E-state index contributed by atoms with van der Waals surface area (Å²) in [7, 11) is 0. The minimum absolute atomic E-state index is 0.125. The summed E-state index contributed by atoms with van der Waals surface area (Å²) in [5, 5.41) is 0. The van der Waals surface area contributed by atoms with Crippen molar-refractivity contribution in [3.8, 4) is 79.0 Å². The van der Waals surface area contributed by atoms with Gasteiger partial charge in [0.15, 0.2) is 0 Å². The first kappa shape index (κ1) is 37.0. The molecule has 10 aromatic carbocycles. The molecule has 0 aliphatic carbocycles. The van der Waals surface area contributed by atoms with Gasteiger partial charge < -0.3 is 19.1 Å². The van der Waals surface area contributed by atoms with Gasteiger partial charge in [0, 0.05) is 34.0 Å². The smallest absolute Gasteiger partial charge is 0.260 e. The van der Waals surface area contributed by atoms with E-state index in [4.69, 9.17) is 14.2 Å². The third-order valence-electron chi connectivity index (χ3n) is 13.8. The third kappa shape index (κ3) is 5.61. The van der Waals surface area contributed by atoms with E-state index in [2.05, 4.69) is 229 Å². The Labute approximate surface area is 384 Å². The van der Waals surface area contributed by atoms with Crippen molar-refractivity contribution in [2.45, 2.75) is 0 Å². The quantitative estimate of drug-likeness (QED) is 0.162. The molecule has 0 aromatic heterocycles. The molecule has 306 valence electrons.